The Labute approximate surface area is 163 Å². The molecule has 0 fully saturated rings. The molecule has 3 heteroatoms. The Hall–Kier alpha value is -2.68. The zero-order valence-corrected chi connectivity index (χ0v) is 16.4. The normalized spacial score (nSPS) is 10.5. The molecule has 0 bridgehead atoms. The quantitative estimate of drug-likeness (QED) is 0.237. The third kappa shape index (κ3) is 10.8. The maximum atomic E-state index is 10.8. The van der Waals surface area contributed by atoms with E-state index in [0.29, 0.717) is 13.0 Å². The summed E-state index contributed by atoms with van der Waals surface area (Å²) < 4.78 is 4.94. The molecule has 3 nitrogen and oxygen atoms in total. The van der Waals surface area contributed by atoms with E-state index in [9.17, 15) is 9.59 Å². The minimum absolute atomic E-state index is 0.154. The van der Waals surface area contributed by atoms with Crippen LogP contribution in [0.5, 0.6) is 0 Å². The van der Waals surface area contributed by atoms with Gasteiger partial charge in [-0.25, -0.2) is 0 Å². The average Bonchev–Trinajstić information content (AvgIpc) is 2.73. The number of hydrogen-bond donors (Lipinski definition) is 0. The number of allylic oxidation sites excluding steroid dienone is 1. The summed E-state index contributed by atoms with van der Waals surface area (Å²) >= 11 is 0. The van der Waals surface area contributed by atoms with Crippen LogP contribution in [0.25, 0.3) is 6.08 Å². The first-order valence-corrected chi connectivity index (χ1v) is 9.59. The molecule has 0 heterocycles. The van der Waals surface area contributed by atoms with E-state index in [1.54, 1.807) is 6.92 Å². The molecule has 2 aromatic rings. The average molecular weight is 367 g/mol. The summed E-state index contributed by atoms with van der Waals surface area (Å²) in [5.74, 6) is -0.154. The first-order chi connectivity index (χ1) is 13.2. The van der Waals surface area contributed by atoms with Crippen molar-refractivity contribution in [2.45, 2.75) is 52.6 Å². The number of esters is 1. The molecule has 27 heavy (non-hydrogen) atoms. The van der Waals surface area contributed by atoms with Crippen molar-refractivity contribution in [2.75, 3.05) is 0 Å². The van der Waals surface area contributed by atoms with Gasteiger partial charge in [-0.3, -0.25) is 9.59 Å². The van der Waals surface area contributed by atoms with Crippen molar-refractivity contribution in [3.8, 4) is 0 Å². The number of carbonyl (C=O) groups is 2. The molecule has 0 radical (unpaired) electrons. The summed E-state index contributed by atoms with van der Waals surface area (Å²) in [5.41, 5.74) is 3.03. The summed E-state index contributed by atoms with van der Waals surface area (Å²) in [6, 6.07) is 19.6. The molecule has 2 aromatic carbocycles. The van der Waals surface area contributed by atoms with Crippen LogP contribution in [0.1, 0.15) is 57.1 Å². The van der Waals surface area contributed by atoms with Gasteiger partial charge in [-0.1, -0.05) is 87.4 Å². The number of carbonyl (C=O) groups excluding carboxylic acids is 2. The summed E-state index contributed by atoms with van der Waals surface area (Å²) in [6.45, 7) is 4.34. The summed E-state index contributed by atoms with van der Waals surface area (Å²) in [7, 11) is 0. The van der Waals surface area contributed by atoms with Gasteiger partial charge in [-0.15, -0.1) is 0 Å². The van der Waals surface area contributed by atoms with Crippen molar-refractivity contribution in [1.82, 2.24) is 0 Å². The van der Waals surface area contributed by atoms with E-state index in [4.69, 9.17) is 4.74 Å². The van der Waals surface area contributed by atoms with Crippen LogP contribution in [-0.4, -0.2) is 12.3 Å². The third-order valence-electron chi connectivity index (χ3n) is 3.90. The second-order valence-corrected chi connectivity index (χ2v) is 6.20. The van der Waals surface area contributed by atoms with Crippen molar-refractivity contribution in [1.29, 1.82) is 0 Å². The lowest BCUT2D eigenvalue weighted by Gasteiger charge is -2.01. The molecule has 0 aliphatic rings. The molecule has 0 aliphatic carbocycles. The summed E-state index contributed by atoms with van der Waals surface area (Å²) in [6.07, 6.45) is 7.77. The molecule has 0 atom stereocenters. The van der Waals surface area contributed by atoms with E-state index in [2.05, 4.69) is 6.92 Å². The Morgan fingerprint density at radius 3 is 2.11 bits per heavy atom. The zero-order chi connectivity index (χ0) is 19.7. The molecule has 0 aliphatic heterocycles. The van der Waals surface area contributed by atoms with Gasteiger partial charge >= 0.3 is 5.97 Å². The first-order valence-electron chi connectivity index (χ1n) is 9.59. The van der Waals surface area contributed by atoms with Gasteiger partial charge in [0.1, 0.15) is 12.9 Å². The monoisotopic (exact) mass is 366 g/mol. The predicted molar refractivity (Wildman–Crippen MR) is 111 cm³/mol. The molecule has 144 valence electrons. The number of rotatable bonds is 9. The largest absolute Gasteiger partial charge is 0.461 e. The second kappa shape index (κ2) is 14.5. The fraction of sp³-hybridized carbons (Fsp3) is 0.333. The SMILES string of the molecule is CCC(=O)OCc1ccccc1.CCCCCC(C=O)=Cc1ccccc1. The molecular weight excluding hydrogens is 336 g/mol. The Morgan fingerprint density at radius 1 is 0.926 bits per heavy atom. The van der Waals surface area contributed by atoms with Gasteiger partial charge < -0.3 is 4.74 Å². The van der Waals surface area contributed by atoms with E-state index in [-0.39, 0.29) is 5.97 Å². The Balaban J connectivity index is 0.000000277. The molecular formula is C24H30O3. The lowest BCUT2D eigenvalue weighted by atomic mass is 10.1. The van der Waals surface area contributed by atoms with Crippen LogP contribution >= 0.6 is 0 Å². The topological polar surface area (TPSA) is 43.4 Å². The number of benzene rings is 2. The van der Waals surface area contributed by atoms with Crippen molar-refractivity contribution in [3.63, 3.8) is 0 Å². The van der Waals surface area contributed by atoms with Crippen LogP contribution in [0.3, 0.4) is 0 Å². The standard InChI is InChI=1S/C14H18O.C10H12O2/c1-2-3-5-10-14(12-15)11-13-8-6-4-7-9-13;1-2-10(11)12-8-9-6-4-3-5-7-9/h4,6-9,11-12H,2-3,5,10H2,1H3;3-7H,2,8H2,1H3. The summed E-state index contributed by atoms with van der Waals surface area (Å²) in [4.78, 5) is 21.6. The predicted octanol–water partition coefficient (Wildman–Crippen LogP) is 5.99. The van der Waals surface area contributed by atoms with Gasteiger partial charge in [0.05, 0.1) is 0 Å². The first kappa shape index (κ1) is 22.4. The van der Waals surface area contributed by atoms with Crippen LogP contribution in [0.15, 0.2) is 66.2 Å². The van der Waals surface area contributed by atoms with Crippen molar-refractivity contribution in [2.24, 2.45) is 0 Å². The van der Waals surface area contributed by atoms with Crippen LogP contribution in [0.2, 0.25) is 0 Å². The Kier molecular flexibility index (Phi) is 12.0. The highest BCUT2D eigenvalue weighted by Gasteiger charge is 1.98. The van der Waals surface area contributed by atoms with Crippen LogP contribution < -0.4 is 0 Å². The van der Waals surface area contributed by atoms with Gasteiger partial charge in [-0.2, -0.15) is 0 Å². The Bertz CT molecular complexity index is 675. The highest BCUT2D eigenvalue weighted by Crippen LogP contribution is 2.11. The minimum atomic E-state index is -0.154. The van der Waals surface area contributed by atoms with Crippen LogP contribution in [0, 0.1) is 0 Å². The minimum Gasteiger partial charge on any atom is -0.461 e. The van der Waals surface area contributed by atoms with Gasteiger partial charge in [0.15, 0.2) is 0 Å². The summed E-state index contributed by atoms with van der Waals surface area (Å²) in [5, 5.41) is 0. The maximum Gasteiger partial charge on any atom is 0.305 e. The number of hydrogen-bond acceptors (Lipinski definition) is 3. The highest BCUT2D eigenvalue weighted by atomic mass is 16.5. The van der Waals surface area contributed by atoms with Crippen LogP contribution in [-0.2, 0) is 20.9 Å². The zero-order valence-electron chi connectivity index (χ0n) is 16.4. The molecule has 0 amide bonds. The smallest absolute Gasteiger partial charge is 0.305 e. The highest BCUT2D eigenvalue weighted by molar-refractivity contribution is 5.81. The van der Waals surface area contributed by atoms with Crippen molar-refractivity contribution >= 4 is 18.3 Å². The van der Waals surface area contributed by atoms with E-state index < -0.39 is 0 Å². The van der Waals surface area contributed by atoms with Gasteiger partial charge in [0, 0.05) is 6.42 Å². The van der Waals surface area contributed by atoms with Gasteiger partial charge in [0.2, 0.25) is 0 Å². The number of unbranched alkanes of at least 4 members (excludes halogenated alkanes) is 2. The molecule has 2 rings (SSSR count). The molecule has 0 aromatic heterocycles. The molecule has 0 unspecified atom stereocenters. The van der Waals surface area contributed by atoms with E-state index in [1.165, 1.54) is 12.8 Å². The van der Waals surface area contributed by atoms with E-state index in [0.717, 1.165) is 35.8 Å². The number of ether oxygens (including phenoxy) is 1. The molecule has 0 saturated heterocycles. The van der Waals surface area contributed by atoms with E-state index >= 15 is 0 Å². The fourth-order valence-corrected chi connectivity index (χ4v) is 2.35. The van der Waals surface area contributed by atoms with E-state index in [1.807, 2.05) is 66.7 Å². The number of aldehydes is 1. The van der Waals surface area contributed by atoms with Crippen molar-refractivity contribution in [3.05, 3.63) is 77.4 Å². The van der Waals surface area contributed by atoms with Crippen LogP contribution in [0.4, 0.5) is 0 Å². The third-order valence-corrected chi connectivity index (χ3v) is 3.90. The Morgan fingerprint density at radius 2 is 1.56 bits per heavy atom. The van der Waals surface area contributed by atoms with Gasteiger partial charge in [0.25, 0.3) is 0 Å². The lowest BCUT2D eigenvalue weighted by molar-refractivity contribution is -0.144. The van der Waals surface area contributed by atoms with Crippen molar-refractivity contribution < 1.29 is 14.3 Å². The van der Waals surface area contributed by atoms with Gasteiger partial charge in [-0.05, 0) is 35.6 Å². The molecule has 0 saturated carbocycles. The molecule has 0 N–H and O–H groups in total. The lowest BCUT2D eigenvalue weighted by Crippen LogP contribution is -2.01. The fourth-order valence-electron chi connectivity index (χ4n) is 2.35. The second-order valence-electron chi connectivity index (χ2n) is 6.20. The molecule has 0 spiro atoms. The maximum absolute atomic E-state index is 10.8.